The van der Waals surface area contributed by atoms with Gasteiger partial charge in [-0.05, 0) is 42.5 Å². The number of allylic oxidation sites excluding steroid dienone is 1. The van der Waals surface area contributed by atoms with Crippen LogP contribution in [0.5, 0.6) is 5.75 Å². The number of amides is 3. The Labute approximate surface area is 176 Å². The molecule has 1 aliphatic rings. The minimum atomic E-state index is -1.09. The maximum Gasteiger partial charge on any atom is 0.245 e. The van der Waals surface area contributed by atoms with E-state index in [9.17, 15) is 19.5 Å². The molecule has 8 nitrogen and oxygen atoms in total. The standard InChI is InChI=1S/C22H31N3O5/c26-18-11-9-17(10-12-18)13-14-23-22(29)19(15-21(28)25-30)24-20(27)8-4-7-16-5-2-1-3-6-16/h4,8-12,16,19,26,30H,1-3,5-7,13-15H2,(H,23,29)(H,24,27)(H,25,28)/b8-4+/t19-/m1/s1. The summed E-state index contributed by atoms with van der Waals surface area (Å²) in [5, 5.41) is 23.3. The average Bonchev–Trinajstić information content (AvgIpc) is 2.75. The van der Waals surface area contributed by atoms with Crippen LogP contribution in [-0.4, -0.2) is 40.6 Å². The molecule has 1 aromatic carbocycles. The van der Waals surface area contributed by atoms with Gasteiger partial charge in [0.25, 0.3) is 0 Å². The second kappa shape index (κ2) is 12.6. The van der Waals surface area contributed by atoms with E-state index in [1.807, 2.05) is 6.08 Å². The second-order valence-electron chi connectivity index (χ2n) is 7.65. The predicted octanol–water partition coefficient (Wildman–Crippen LogP) is 1.96. The molecule has 0 bridgehead atoms. The molecule has 5 N–H and O–H groups in total. The largest absolute Gasteiger partial charge is 0.508 e. The molecular formula is C22H31N3O5. The van der Waals surface area contributed by atoms with Crippen molar-refractivity contribution in [1.29, 1.82) is 0 Å². The molecule has 1 fully saturated rings. The lowest BCUT2D eigenvalue weighted by molar-refractivity contribution is -0.134. The molecule has 1 aliphatic carbocycles. The lowest BCUT2D eigenvalue weighted by Crippen LogP contribution is -2.48. The summed E-state index contributed by atoms with van der Waals surface area (Å²) >= 11 is 0. The van der Waals surface area contributed by atoms with Gasteiger partial charge in [-0.15, -0.1) is 0 Å². The number of carbonyl (C=O) groups excluding carboxylic acids is 3. The van der Waals surface area contributed by atoms with Gasteiger partial charge in [0, 0.05) is 6.54 Å². The highest BCUT2D eigenvalue weighted by atomic mass is 16.5. The zero-order chi connectivity index (χ0) is 21.8. The molecule has 0 unspecified atom stereocenters. The highest BCUT2D eigenvalue weighted by molar-refractivity contribution is 5.95. The Morgan fingerprint density at radius 2 is 1.80 bits per heavy atom. The number of aromatic hydroxyl groups is 1. The van der Waals surface area contributed by atoms with Crippen LogP contribution in [0.1, 0.15) is 50.5 Å². The van der Waals surface area contributed by atoms with E-state index in [0.717, 1.165) is 12.0 Å². The van der Waals surface area contributed by atoms with Crippen molar-refractivity contribution in [1.82, 2.24) is 16.1 Å². The van der Waals surface area contributed by atoms with E-state index >= 15 is 0 Å². The Hall–Kier alpha value is -2.87. The highest BCUT2D eigenvalue weighted by Crippen LogP contribution is 2.26. The quantitative estimate of drug-likeness (QED) is 0.226. The van der Waals surface area contributed by atoms with Gasteiger partial charge in [0.05, 0.1) is 6.42 Å². The lowest BCUT2D eigenvalue weighted by atomic mass is 9.87. The summed E-state index contributed by atoms with van der Waals surface area (Å²) < 4.78 is 0. The maximum absolute atomic E-state index is 12.4. The van der Waals surface area contributed by atoms with Gasteiger partial charge < -0.3 is 15.7 Å². The zero-order valence-electron chi connectivity index (χ0n) is 17.1. The van der Waals surface area contributed by atoms with Crippen molar-refractivity contribution in [2.24, 2.45) is 5.92 Å². The Balaban J connectivity index is 1.83. The number of nitrogens with one attached hydrogen (secondary N) is 3. The third-order valence-electron chi connectivity index (χ3n) is 5.26. The number of phenols is 1. The van der Waals surface area contributed by atoms with E-state index in [0.29, 0.717) is 18.9 Å². The van der Waals surface area contributed by atoms with E-state index in [2.05, 4.69) is 10.6 Å². The van der Waals surface area contributed by atoms with Crippen molar-refractivity contribution in [2.45, 2.75) is 57.4 Å². The zero-order valence-corrected chi connectivity index (χ0v) is 17.1. The van der Waals surface area contributed by atoms with Crippen molar-refractivity contribution in [3.8, 4) is 5.75 Å². The van der Waals surface area contributed by atoms with Gasteiger partial charge in [0.1, 0.15) is 11.8 Å². The van der Waals surface area contributed by atoms with Crippen LogP contribution in [0.25, 0.3) is 0 Å². The maximum atomic E-state index is 12.4. The van der Waals surface area contributed by atoms with Crippen LogP contribution in [-0.2, 0) is 20.8 Å². The van der Waals surface area contributed by atoms with Crippen molar-refractivity contribution in [2.75, 3.05) is 6.54 Å². The fourth-order valence-corrected chi connectivity index (χ4v) is 3.57. The first kappa shape index (κ1) is 23.4. The molecule has 0 radical (unpaired) electrons. The van der Waals surface area contributed by atoms with E-state index in [-0.39, 0.29) is 12.2 Å². The Morgan fingerprint density at radius 1 is 1.10 bits per heavy atom. The van der Waals surface area contributed by atoms with Gasteiger partial charge in [-0.2, -0.15) is 0 Å². The molecule has 164 valence electrons. The molecule has 1 saturated carbocycles. The van der Waals surface area contributed by atoms with Gasteiger partial charge in [-0.1, -0.05) is 50.3 Å². The summed E-state index contributed by atoms with van der Waals surface area (Å²) in [5.41, 5.74) is 2.41. The smallest absolute Gasteiger partial charge is 0.245 e. The first-order chi connectivity index (χ1) is 14.5. The van der Waals surface area contributed by atoms with Crippen LogP contribution in [0.15, 0.2) is 36.4 Å². The van der Waals surface area contributed by atoms with Crippen LogP contribution in [0.2, 0.25) is 0 Å². The topological polar surface area (TPSA) is 128 Å². The number of rotatable bonds is 10. The molecule has 0 spiro atoms. The summed E-state index contributed by atoms with van der Waals surface area (Å²) in [6, 6.07) is 5.52. The van der Waals surface area contributed by atoms with Crippen LogP contribution < -0.4 is 16.1 Å². The van der Waals surface area contributed by atoms with E-state index in [4.69, 9.17) is 5.21 Å². The predicted molar refractivity (Wildman–Crippen MR) is 112 cm³/mol. The Kier molecular flexibility index (Phi) is 9.86. The number of hydrogen-bond donors (Lipinski definition) is 5. The molecule has 0 saturated heterocycles. The van der Waals surface area contributed by atoms with Gasteiger partial charge in [-0.25, -0.2) is 5.48 Å². The third-order valence-corrected chi connectivity index (χ3v) is 5.26. The summed E-state index contributed by atoms with van der Waals surface area (Å²) in [4.78, 5) is 36.2. The van der Waals surface area contributed by atoms with Gasteiger partial charge in [0.2, 0.25) is 17.7 Å². The van der Waals surface area contributed by atoms with Crippen LogP contribution in [0.4, 0.5) is 0 Å². The Bertz CT molecular complexity index is 727. The van der Waals surface area contributed by atoms with Gasteiger partial charge in [-0.3, -0.25) is 19.6 Å². The molecule has 8 heteroatoms. The van der Waals surface area contributed by atoms with Crippen molar-refractivity contribution < 1.29 is 24.7 Å². The van der Waals surface area contributed by atoms with Crippen LogP contribution >= 0.6 is 0 Å². The minimum absolute atomic E-state index is 0.164. The number of benzene rings is 1. The number of phenolic OH excluding ortho intramolecular Hbond substituents is 1. The minimum Gasteiger partial charge on any atom is -0.508 e. The summed E-state index contributed by atoms with van der Waals surface area (Å²) in [6.07, 6.45) is 10.3. The SMILES string of the molecule is O=C(/C=C/CC1CCCCC1)N[C@H](CC(=O)NO)C(=O)NCCc1ccc(O)cc1. The molecule has 30 heavy (non-hydrogen) atoms. The second-order valence-corrected chi connectivity index (χ2v) is 7.65. The Morgan fingerprint density at radius 3 is 2.47 bits per heavy atom. The molecule has 0 aromatic heterocycles. The fraction of sp³-hybridized carbons (Fsp3) is 0.500. The molecule has 1 atom stereocenters. The molecule has 2 rings (SSSR count). The van der Waals surface area contributed by atoms with Crippen molar-refractivity contribution in [3.63, 3.8) is 0 Å². The summed E-state index contributed by atoms with van der Waals surface area (Å²) in [5.74, 6) is -0.958. The monoisotopic (exact) mass is 417 g/mol. The van der Waals surface area contributed by atoms with Crippen LogP contribution in [0, 0.1) is 5.92 Å². The van der Waals surface area contributed by atoms with E-state index in [1.165, 1.54) is 43.7 Å². The fourth-order valence-electron chi connectivity index (χ4n) is 3.57. The molecule has 3 amide bonds. The highest BCUT2D eigenvalue weighted by Gasteiger charge is 2.23. The van der Waals surface area contributed by atoms with E-state index in [1.54, 1.807) is 24.3 Å². The lowest BCUT2D eigenvalue weighted by Gasteiger charge is -2.19. The van der Waals surface area contributed by atoms with E-state index < -0.39 is 23.8 Å². The summed E-state index contributed by atoms with van der Waals surface area (Å²) in [6.45, 7) is 0.300. The normalized spacial score (nSPS) is 15.5. The van der Waals surface area contributed by atoms with Crippen LogP contribution in [0.3, 0.4) is 0 Å². The van der Waals surface area contributed by atoms with Crippen molar-refractivity contribution in [3.05, 3.63) is 42.0 Å². The average molecular weight is 418 g/mol. The van der Waals surface area contributed by atoms with Gasteiger partial charge >= 0.3 is 0 Å². The number of hydroxylamine groups is 1. The third kappa shape index (κ3) is 8.65. The first-order valence-corrected chi connectivity index (χ1v) is 10.4. The van der Waals surface area contributed by atoms with Crippen molar-refractivity contribution >= 4 is 17.7 Å². The van der Waals surface area contributed by atoms with Gasteiger partial charge in [0.15, 0.2) is 0 Å². The number of hydrogen-bond acceptors (Lipinski definition) is 5. The molecule has 1 aromatic rings. The summed E-state index contributed by atoms with van der Waals surface area (Å²) in [7, 11) is 0. The molecular weight excluding hydrogens is 386 g/mol. The number of carbonyl (C=O) groups is 3. The molecule has 0 aliphatic heterocycles. The molecule has 0 heterocycles. The first-order valence-electron chi connectivity index (χ1n) is 10.4.